The fourth-order valence-electron chi connectivity index (χ4n) is 6.47. The van der Waals surface area contributed by atoms with Gasteiger partial charge in [-0.2, -0.15) is 0 Å². The van der Waals surface area contributed by atoms with E-state index in [0.717, 1.165) is 56.0 Å². The lowest BCUT2D eigenvalue weighted by molar-refractivity contribution is 0.129. The van der Waals surface area contributed by atoms with Crippen molar-refractivity contribution in [3.8, 4) is 22.3 Å². The second kappa shape index (κ2) is 8.16. The van der Waals surface area contributed by atoms with Gasteiger partial charge in [0.2, 0.25) is 0 Å². The Morgan fingerprint density at radius 1 is 0.686 bits per heavy atom. The van der Waals surface area contributed by atoms with Gasteiger partial charge in [0.25, 0.3) is 0 Å². The molecule has 3 heteroatoms. The molecule has 0 radical (unpaired) electrons. The molecule has 0 unspecified atom stereocenters. The molecule has 4 aromatic rings. The number of fused-ring (bicyclic) bond motifs is 6. The van der Waals surface area contributed by atoms with Gasteiger partial charge in [-0.05, 0) is 81.6 Å². The maximum absolute atomic E-state index is 12.9. The van der Waals surface area contributed by atoms with Crippen LogP contribution in [-0.4, -0.2) is 5.11 Å². The van der Waals surface area contributed by atoms with Crippen LogP contribution in [0.1, 0.15) is 67.0 Å². The summed E-state index contributed by atoms with van der Waals surface area (Å²) in [5.74, 6) is 0. The van der Waals surface area contributed by atoms with Gasteiger partial charge in [-0.25, -0.2) is 0 Å². The zero-order valence-corrected chi connectivity index (χ0v) is 23.4. The number of halogens is 2. The van der Waals surface area contributed by atoms with E-state index in [1.54, 1.807) is 0 Å². The molecular formula is C32H28Br2O. The Morgan fingerprint density at radius 2 is 1.26 bits per heavy atom. The Balaban J connectivity index is 1.70. The van der Waals surface area contributed by atoms with Gasteiger partial charge in [-0.15, -0.1) is 0 Å². The average Bonchev–Trinajstić information content (AvgIpc) is 3.23. The van der Waals surface area contributed by atoms with Crippen molar-refractivity contribution in [2.75, 3.05) is 0 Å². The minimum Gasteiger partial charge on any atom is -0.376 e. The fourth-order valence-corrected chi connectivity index (χ4v) is 7.19. The molecule has 1 nitrogen and oxygen atoms in total. The predicted molar refractivity (Wildman–Crippen MR) is 152 cm³/mol. The van der Waals surface area contributed by atoms with Gasteiger partial charge >= 0.3 is 0 Å². The van der Waals surface area contributed by atoms with E-state index < -0.39 is 5.60 Å². The SMILES string of the molecule is CCCCc1c(C2(O)c3cc(Br)ccc3-c3ccc(Br)cc32)ccc2c1C(C)(C)c1ccccc1-2. The van der Waals surface area contributed by atoms with E-state index in [9.17, 15) is 5.11 Å². The van der Waals surface area contributed by atoms with Crippen LogP contribution >= 0.6 is 31.9 Å². The largest absolute Gasteiger partial charge is 0.376 e. The fraction of sp³-hybridized carbons (Fsp3) is 0.250. The molecule has 0 atom stereocenters. The summed E-state index contributed by atoms with van der Waals surface area (Å²) >= 11 is 7.35. The molecule has 35 heavy (non-hydrogen) atoms. The van der Waals surface area contributed by atoms with E-state index in [1.165, 1.54) is 27.8 Å². The molecule has 0 bridgehead atoms. The van der Waals surface area contributed by atoms with Crippen LogP contribution < -0.4 is 0 Å². The van der Waals surface area contributed by atoms with Gasteiger partial charge in [0.15, 0.2) is 0 Å². The average molecular weight is 588 g/mol. The highest BCUT2D eigenvalue weighted by Gasteiger charge is 2.47. The summed E-state index contributed by atoms with van der Waals surface area (Å²) in [5.41, 5.74) is 10.4. The van der Waals surface area contributed by atoms with Crippen LogP contribution in [0.15, 0.2) is 81.7 Å². The van der Waals surface area contributed by atoms with E-state index in [2.05, 4.69) is 125 Å². The van der Waals surface area contributed by atoms with Crippen molar-refractivity contribution in [2.24, 2.45) is 0 Å². The van der Waals surface area contributed by atoms with Crippen LogP contribution in [0.3, 0.4) is 0 Å². The standard InChI is InChI=1S/C32H28Br2O/c1-4-5-8-25-27(16-15-24-21-9-6-7-10-26(21)31(2,3)30(24)25)32(35)28-17-19(33)11-13-22(28)23-14-12-20(34)18-29(23)32/h6-7,9-18,35H,4-5,8H2,1-3H3. The first kappa shape index (κ1) is 23.2. The monoisotopic (exact) mass is 586 g/mol. The van der Waals surface area contributed by atoms with Gasteiger partial charge in [0.1, 0.15) is 5.60 Å². The molecule has 0 saturated heterocycles. The molecule has 2 aliphatic rings. The molecule has 6 rings (SSSR count). The molecule has 0 aliphatic heterocycles. The molecule has 0 amide bonds. The van der Waals surface area contributed by atoms with E-state index in [-0.39, 0.29) is 5.41 Å². The molecule has 4 aromatic carbocycles. The first-order valence-corrected chi connectivity index (χ1v) is 14.0. The number of hydrogen-bond acceptors (Lipinski definition) is 1. The molecule has 2 aliphatic carbocycles. The highest BCUT2D eigenvalue weighted by Crippen LogP contribution is 2.57. The predicted octanol–water partition coefficient (Wildman–Crippen LogP) is 9.13. The Kier molecular flexibility index (Phi) is 5.41. The second-order valence-corrected chi connectivity index (χ2v) is 12.2. The zero-order valence-electron chi connectivity index (χ0n) is 20.3. The molecule has 0 heterocycles. The third kappa shape index (κ3) is 3.21. The molecule has 1 N–H and O–H groups in total. The van der Waals surface area contributed by atoms with E-state index >= 15 is 0 Å². The Bertz CT molecular complexity index is 1450. The normalized spacial score (nSPS) is 15.9. The van der Waals surface area contributed by atoms with Gasteiger partial charge in [-0.3, -0.25) is 0 Å². The van der Waals surface area contributed by atoms with Crippen molar-refractivity contribution in [2.45, 2.75) is 51.0 Å². The highest BCUT2D eigenvalue weighted by atomic mass is 79.9. The summed E-state index contributed by atoms with van der Waals surface area (Å²) in [5, 5.41) is 12.9. The number of aliphatic hydroxyl groups is 1. The van der Waals surface area contributed by atoms with Crippen LogP contribution in [0.5, 0.6) is 0 Å². The molecule has 0 spiro atoms. The van der Waals surface area contributed by atoms with Crippen LogP contribution in [0.4, 0.5) is 0 Å². The van der Waals surface area contributed by atoms with E-state index in [1.807, 2.05) is 0 Å². The van der Waals surface area contributed by atoms with Gasteiger partial charge < -0.3 is 5.11 Å². The van der Waals surface area contributed by atoms with Crippen LogP contribution in [0.2, 0.25) is 0 Å². The maximum Gasteiger partial charge on any atom is 0.142 e. The Morgan fingerprint density at radius 3 is 1.89 bits per heavy atom. The molecule has 0 aromatic heterocycles. The van der Waals surface area contributed by atoms with Crippen molar-refractivity contribution in [3.63, 3.8) is 0 Å². The second-order valence-electron chi connectivity index (χ2n) is 10.4. The van der Waals surface area contributed by atoms with E-state index in [4.69, 9.17) is 0 Å². The smallest absolute Gasteiger partial charge is 0.142 e. The van der Waals surface area contributed by atoms with Gasteiger partial charge in [0.05, 0.1) is 0 Å². The quantitative estimate of drug-likeness (QED) is 0.252. The lowest BCUT2D eigenvalue weighted by atomic mass is 9.73. The van der Waals surface area contributed by atoms with Gasteiger partial charge in [-0.1, -0.05) is 108 Å². The van der Waals surface area contributed by atoms with Crippen molar-refractivity contribution in [3.05, 3.63) is 115 Å². The topological polar surface area (TPSA) is 20.2 Å². The number of unbranched alkanes of at least 4 members (excludes halogenated alkanes) is 1. The van der Waals surface area contributed by atoms with Gasteiger partial charge in [0, 0.05) is 25.5 Å². The molecule has 0 saturated carbocycles. The summed E-state index contributed by atoms with van der Waals surface area (Å²) in [6.45, 7) is 6.92. The van der Waals surface area contributed by atoms with Crippen LogP contribution in [0.25, 0.3) is 22.3 Å². The number of benzene rings is 4. The van der Waals surface area contributed by atoms with E-state index in [0.29, 0.717) is 0 Å². The first-order valence-electron chi connectivity index (χ1n) is 12.4. The zero-order chi connectivity index (χ0) is 24.5. The lowest BCUT2D eigenvalue weighted by Crippen LogP contribution is -2.30. The van der Waals surface area contributed by atoms with Crippen molar-refractivity contribution in [1.29, 1.82) is 0 Å². The van der Waals surface area contributed by atoms with Crippen LogP contribution in [0, 0.1) is 0 Å². The Hall–Kier alpha value is -2.20. The minimum absolute atomic E-state index is 0.125. The summed E-state index contributed by atoms with van der Waals surface area (Å²) in [7, 11) is 0. The highest BCUT2D eigenvalue weighted by molar-refractivity contribution is 9.10. The third-order valence-corrected chi connectivity index (χ3v) is 9.02. The number of rotatable bonds is 4. The molecule has 176 valence electrons. The molecule has 0 fully saturated rings. The van der Waals surface area contributed by atoms with Crippen molar-refractivity contribution >= 4 is 31.9 Å². The Labute approximate surface area is 224 Å². The summed E-state index contributed by atoms with van der Waals surface area (Å²) < 4.78 is 1.95. The van der Waals surface area contributed by atoms with Crippen molar-refractivity contribution in [1.82, 2.24) is 0 Å². The van der Waals surface area contributed by atoms with Crippen LogP contribution in [-0.2, 0) is 17.4 Å². The minimum atomic E-state index is -1.22. The summed E-state index contributed by atoms with van der Waals surface area (Å²) in [4.78, 5) is 0. The lowest BCUT2D eigenvalue weighted by Gasteiger charge is -2.33. The third-order valence-electron chi connectivity index (χ3n) is 8.03. The first-order chi connectivity index (χ1) is 16.8. The number of hydrogen-bond donors (Lipinski definition) is 1. The van der Waals surface area contributed by atoms with Crippen molar-refractivity contribution < 1.29 is 5.11 Å². The maximum atomic E-state index is 12.9. The summed E-state index contributed by atoms with van der Waals surface area (Å²) in [6, 6.07) is 25.8. The molecular weight excluding hydrogens is 560 g/mol. The summed E-state index contributed by atoms with van der Waals surface area (Å²) in [6.07, 6.45) is 3.14.